The minimum absolute atomic E-state index is 0.00695. The lowest BCUT2D eigenvalue weighted by molar-refractivity contribution is 0.0936. The highest BCUT2D eigenvalue weighted by Crippen LogP contribution is 2.34. The van der Waals surface area contributed by atoms with Gasteiger partial charge in [-0.05, 0) is 43.7 Å². The third-order valence-electron chi connectivity index (χ3n) is 4.30. The molecular formula is C19H19NO4S. The molecule has 0 spiro atoms. The maximum atomic E-state index is 12.9. The summed E-state index contributed by atoms with van der Waals surface area (Å²) in [5.74, 6) is -0.683. The lowest BCUT2D eigenvalue weighted by atomic mass is 10.0. The Balaban J connectivity index is 2.04. The molecular weight excluding hydrogens is 338 g/mol. The van der Waals surface area contributed by atoms with Crippen LogP contribution in [0.1, 0.15) is 53.0 Å². The summed E-state index contributed by atoms with van der Waals surface area (Å²) >= 11 is 0. The normalized spacial score (nSPS) is 15.8. The number of rotatable bonds is 4. The molecule has 2 aromatic carbocycles. The van der Waals surface area contributed by atoms with E-state index in [1.54, 1.807) is 12.1 Å². The number of benzene rings is 2. The molecule has 1 aliphatic rings. The van der Waals surface area contributed by atoms with E-state index in [0.29, 0.717) is 0 Å². The molecule has 0 aromatic heterocycles. The van der Waals surface area contributed by atoms with Crippen LogP contribution in [0.5, 0.6) is 0 Å². The number of carbonyl (C=O) groups excluding carboxylic acids is 2. The van der Waals surface area contributed by atoms with Gasteiger partial charge < -0.3 is 5.32 Å². The molecule has 1 amide bonds. The summed E-state index contributed by atoms with van der Waals surface area (Å²) < 4.78 is 25.7. The number of carbonyl (C=O) groups is 2. The average molecular weight is 357 g/mol. The first-order chi connectivity index (χ1) is 11.9. The van der Waals surface area contributed by atoms with Crippen LogP contribution >= 0.6 is 0 Å². The summed E-state index contributed by atoms with van der Waals surface area (Å²) in [6, 6.07) is 10.3. The van der Waals surface area contributed by atoms with Crippen molar-refractivity contribution in [1.82, 2.24) is 5.32 Å². The summed E-state index contributed by atoms with van der Waals surface area (Å²) in [5, 5.41) is 2.84. The molecule has 5 nitrogen and oxygen atoms in total. The fourth-order valence-electron chi connectivity index (χ4n) is 3.04. The van der Waals surface area contributed by atoms with Gasteiger partial charge in [0.15, 0.2) is 5.78 Å². The number of ketones is 1. The highest BCUT2D eigenvalue weighted by Gasteiger charge is 2.35. The van der Waals surface area contributed by atoms with Crippen molar-refractivity contribution in [2.24, 2.45) is 0 Å². The fraction of sp³-hybridized carbons (Fsp3) is 0.263. The van der Waals surface area contributed by atoms with Crippen LogP contribution in [0.25, 0.3) is 0 Å². The van der Waals surface area contributed by atoms with E-state index in [1.807, 2.05) is 13.8 Å². The predicted molar refractivity (Wildman–Crippen MR) is 93.6 cm³/mol. The van der Waals surface area contributed by atoms with Crippen LogP contribution in [0.3, 0.4) is 0 Å². The van der Waals surface area contributed by atoms with Crippen molar-refractivity contribution in [3.05, 3.63) is 59.2 Å². The first-order valence-electron chi connectivity index (χ1n) is 8.20. The second-order valence-corrected chi connectivity index (χ2v) is 8.09. The number of fused-ring (bicyclic) bond motifs is 2. The largest absolute Gasteiger partial charge is 0.350 e. The molecule has 1 heterocycles. The molecule has 0 saturated heterocycles. The number of amides is 1. The van der Waals surface area contributed by atoms with Gasteiger partial charge in [0.25, 0.3) is 5.91 Å². The molecule has 0 saturated carbocycles. The molecule has 0 bridgehead atoms. The minimum Gasteiger partial charge on any atom is -0.350 e. The predicted octanol–water partition coefficient (Wildman–Crippen LogP) is 2.98. The zero-order chi connectivity index (χ0) is 18.2. The molecule has 2 aromatic rings. The van der Waals surface area contributed by atoms with Gasteiger partial charge in [-0.3, -0.25) is 9.59 Å². The average Bonchev–Trinajstić information content (AvgIpc) is 2.60. The topological polar surface area (TPSA) is 80.3 Å². The van der Waals surface area contributed by atoms with Gasteiger partial charge in [0.05, 0.1) is 9.79 Å². The van der Waals surface area contributed by atoms with Crippen molar-refractivity contribution in [2.75, 3.05) is 0 Å². The summed E-state index contributed by atoms with van der Waals surface area (Å²) in [5.41, 5.74) is 0.512. The van der Waals surface area contributed by atoms with Gasteiger partial charge in [-0.25, -0.2) is 8.42 Å². The van der Waals surface area contributed by atoms with E-state index in [4.69, 9.17) is 0 Å². The molecule has 1 aliphatic heterocycles. The third-order valence-corrected chi connectivity index (χ3v) is 6.15. The van der Waals surface area contributed by atoms with Crippen molar-refractivity contribution >= 4 is 21.5 Å². The van der Waals surface area contributed by atoms with Gasteiger partial charge in [0.1, 0.15) is 0 Å². The molecule has 3 rings (SSSR count). The lowest BCUT2D eigenvalue weighted by Crippen LogP contribution is -2.32. The zero-order valence-corrected chi connectivity index (χ0v) is 14.9. The quantitative estimate of drug-likeness (QED) is 0.778. The van der Waals surface area contributed by atoms with E-state index in [0.717, 1.165) is 12.8 Å². The first kappa shape index (κ1) is 17.4. The highest BCUT2D eigenvalue weighted by atomic mass is 32.2. The minimum atomic E-state index is -3.83. The van der Waals surface area contributed by atoms with Crippen molar-refractivity contribution < 1.29 is 18.0 Å². The summed E-state index contributed by atoms with van der Waals surface area (Å²) in [6.07, 6.45) is 1.77. The van der Waals surface area contributed by atoms with Crippen LogP contribution < -0.4 is 5.32 Å². The van der Waals surface area contributed by atoms with Gasteiger partial charge in [-0.15, -0.1) is 0 Å². The van der Waals surface area contributed by atoms with Crippen LogP contribution in [0, 0.1) is 0 Å². The monoisotopic (exact) mass is 357 g/mol. The van der Waals surface area contributed by atoms with E-state index in [-0.39, 0.29) is 44.2 Å². The van der Waals surface area contributed by atoms with Crippen molar-refractivity contribution in [1.29, 1.82) is 0 Å². The van der Waals surface area contributed by atoms with Gasteiger partial charge >= 0.3 is 0 Å². The van der Waals surface area contributed by atoms with Crippen molar-refractivity contribution in [3.63, 3.8) is 0 Å². The van der Waals surface area contributed by atoms with Gasteiger partial charge in [0, 0.05) is 22.7 Å². The van der Waals surface area contributed by atoms with Crippen LogP contribution in [0.4, 0.5) is 0 Å². The second kappa shape index (κ2) is 6.44. The van der Waals surface area contributed by atoms with E-state index < -0.39 is 9.84 Å². The fourth-order valence-corrected chi connectivity index (χ4v) is 4.72. The van der Waals surface area contributed by atoms with Crippen LogP contribution in [0.2, 0.25) is 0 Å². The zero-order valence-electron chi connectivity index (χ0n) is 14.1. The van der Waals surface area contributed by atoms with Crippen molar-refractivity contribution in [2.45, 2.75) is 42.5 Å². The molecule has 0 aliphatic carbocycles. The molecule has 25 heavy (non-hydrogen) atoms. The SMILES string of the molecule is CCC[C@H](C)NC(=O)c1ccc2c(c1)S(=O)(=O)c1ccccc1C2=O. The van der Waals surface area contributed by atoms with Gasteiger partial charge in [0.2, 0.25) is 9.84 Å². The molecule has 1 N–H and O–H groups in total. The number of nitrogens with one attached hydrogen (secondary N) is 1. The number of sulfone groups is 1. The summed E-state index contributed by atoms with van der Waals surface area (Å²) in [7, 11) is -3.83. The number of hydrogen-bond donors (Lipinski definition) is 1. The Kier molecular flexibility index (Phi) is 4.47. The molecule has 0 unspecified atom stereocenters. The Bertz CT molecular complexity index is 963. The van der Waals surface area contributed by atoms with E-state index >= 15 is 0 Å². The smallest absolute Gasteiger partial charge is 0.251 e. The van der Waals surface area contributed by atoms with Gasteiger partial charge in [-0.2, -0.15) is 0 Å². The maximum absolute atomic E-state index is 12.9. The van der Waals surface area contributed by atoms with Gasteiger partial charge in [-0.1, -0.05) is 25.5 Å². The van der Waals surface area contributed by atoms with E-state index in [1.165, 1.54) is 30.3 Å². The second-order valence-electron chi connectivity index (χ2n) is 6.20. The molecule has 0 radical (unpaired) electrons. The molecule has 0 fully saturated rings. The third kappa shape index (κ3) is 2.98. The van der Waals surface area contributed by atoms with E-state index in [9.17, 15) is 18.0 Å². The lowest BCUT2D eigenvalue weighted by Gasteiger charge is -2.19. The Morgan fingerprint density at radius 2 is 1.76 bits per heavy atom. The Hall–Kier alpha value is -2.47. The Labute approximate surface area is 147 Å². The van der Waals surface area contributed by atoms with Crippen LogP contribution in [0.15, 0.2) is 52.3 Å². The van der Waals surface area contributed by atoms with Crippen LogP contribution in [-0.2, 0) is 9.84 Å². The summed E-state index contributed by atoms with van der Waals surface area (Å²) in [4.78, 5) is 24.8. The van der Waals surface area contributed by atoms with Crippen LogP contribution in [-0.4, -0.2) is 26.2 Å². The summed E-state index contributed by atoms with van der Waals surface area (Å²) in [6.45, 7) is 3.92. The highest BCUT2D eigenvalue weighted by molar-refractivity contribution is 7.91. The Morgan fingerprint density at radius 1 is 1.08 bits per heavy atom. The first-order valence-corrected chi connectivity index (χ1v) is 9.68. The molecule has 130 valence electrons. The standard InChI is InChI=1S/C19H19NO4S/c1-3-6-12(2)20-19(22)13-9-10-15-17(11-13)25(23,24)16-8-5-4-7-14(16)18(15)21/h4-5,7-12H,3,6H2,1-2H3,(H,20,22)/t12-/m0/s1. The number of hydrogen-bond acceptors (Lipinski definition) is 4. The maximum Gasteiger partial charge on any atom is 0.251 e. The molecule has 6 heteroatoms. The molecule has 1 atom stereocenters. The Morgan fingerprint density at radius 3 is 2.48 bits per heavy atom. The van der Waals surface area contributed by atoms with E-state index in [2.05, 4.69) is 5.32 Å². The van der Waals surface area contributed by atoms with Crippen molar-refractivity contribution in [3.8, 4) is 0 Å².